The van der Waals surface area contributed by atoms with Gasteiger partial charge in [0.1, 0.15) is 5.82 Å². The third kappa shape index (κ3) is 3.26. The lowest BCUT2D eigenvalue weighted by Crippen LogP contribution is -2.13. The molecule has 0 bridgehead atoms. The molecule has 2 N–H and O–H groups in total. The second-order valence-corrected chi connectivity index (χ2v) is 3.93. The number of hydrogen-bond acceptors (Lipinski definition) is 4. The van der Waals surface area contributed by atoms with Gasteiger partial charge in [-0.1, -0.05) is 30.3 Å². The first-order chi connectivity index (χ1) is 8.25. The van der Waals surface area contributed by atoms with Crippen molar-refractivity contribution in [3.05, 3.63) is 53.7 Å². The number of nitrogens with zero attached hydrogens (tertiary/aromatic N) is 2. The molecule has 2 aromatic rings. The summed E-state index contributed by atoms with van der Waals surface area (Å²) < 4.78 is 0. The van der Waals surface area contributed by atoms with E-state index in [1.54, 1.807) is 6.20 Å². The largest absolute Gasteiger partial charge is 0.387 e. The van der Waals surface area contributed by atoms with Gasteiger partial charge in [0.2, 0.25) is 0 Å². The van der Waals surface area contributed by atoms with Gasteiger partial charge >= 0.3 is 0 Å². The maximum Gasteiger partial charge on any atom is 0.149 e. The van der Waals surface area contributed by atoms with E-state index >= 15 is 0 Å². The average Bonchev–Trinajstić information content (AvgIpc) is 2.37. The van der Waals surface area contributed by atoms with Crippen LogP contribution >= 0.6 is 0 Å². The maximum atomic E-state index is 9.94. The fourth-order valence-electron chi connectivity index (χ4n) is 1.54. The highest BCUT2D eigenvalue weighted by Gasteiger charge is 2.06. The van der Waals surface area contributed by atoms with E-state index in [0.29, 0.717) is 12.4 Å². The highest BCUT2D eigenvalue weighted by Crippen LogP contribution is 2.13. The van der Waals surface area contributed by atoms with Crippen molar-refractivity contribution in [2.24, 2.45) is 0 Å². The van der Waals surface area contributed by atoms with Crippen molar-refractivity contribution < 1.29 is 5.11 Å². The average molecular weight is 229 g/mol. The Morgan fingerprint density at radius 1 is 1.29 bits per heavy atom. The molecule has 88 valence electrons. The van der Waals surface area contributed by atoms with Gasteiger partial charge in [-0.15, -0.1) is 5.10 Å². The van der Waals surface area contributed by atoms with Gasteiger partial charge in [0.15, 0.2) is 0 Å². The predicted octanol–water partition coefficient (Wildman–Crippen LogP) is 1.93. The van der Waals surface area contributed by atoms with Crippen LogP contribution in [0.3, 0.4) is 0 Å². The number of anilines is 1. The smallest absolute Gasteiger partial charge is 0.149 e. The molecular weight excluding hydrogens is 214 g/mol. The summed E-state index contributed by atoms with van der Waals surface area (Å²) in [6, 6.07) is 11.4. The van der Waals surface area contributed by atoms with E-state index in [9.17, 15) is 5.11 Å². The summed E-state index contributed by atoms with van der Waals surface area (Å²) in [5, 5.41) is 20.8. The summed E-state index contributed by atoms with van der Waals surface area (Å²) >= 11 is 0. The molecule has 4 heteroatoms. The zero-order chi connectivity index (χ0) is 12.1. The van der Waals surface area contributed by atoms with E-state index < -0.39 is 6.10 Å². The molecule has 0 aliphatic heterocycles. The Balaban J connectivity index is 1.95. The van der Waals surface area contributed by atoms with Gasteiger partial charge in [-0.25, -0.2) is 0 Å². The summed E-state index contributed by atoms with van der Waals surface area (Å²) in [5.41, 5.74) is 1.93. The minimum absolute atomic E-state index is 0.419. The second kappa shape index (κ2) is 5.41. The molecule has 0 amide bonds. The van der Waals surface area contributed by atoms with Crippen LogP contribution in [0.15, 0.2) is 42.6 Å². The zero-order valence-electron chi connectivity index (χ0n) is 9.67. The van der Waals surface area contributed by atoms with Crippen LogP contribution in [0.4, 0.5) is 5.82 Å². The van der Waals surface area contributed by atoms with Gasteiger partial charge in [-0.3, -0.25) is 0 Å². The zero-order valence-corrected chi connectivity index (χ0v) is 9.67. The van der Waals surface area contributed by atoms with Gasteiger partial charge in [0.25, 0.3) is 0 Å². The molecule has 0 radical (unpaired) electrons. The molecule has 0 saturated carbocycles. The topological polar surface area (TPSA) is 58.0 Å². The van der Waals surface area contributed by atoms with Crippen molar-refractivity contribution in [2.45, 2.75) is 13.0 Å². The first kappa shape index (κ1) is 11.5. The van der Waals surface area contributed by atoms with E-state index in [1.807, 2.05) is 43.3 Å². The van der Waals surface area contributed by atoms with Crippen molar-refractivity contribution in [2.75, 3.05) is 11.9 Å². The van der Waals surface area contributed by atoms with E-state index in [1.165, 1.54) is 0 Å². The quantitative estimate of drug-likeness (QED) is 0.841. The maximum absolute atomic E-state index is 9.94. The predicted molar refractivity (Wildman–Crippen MR) is 66.7 cm³/mol. The lowest BCUT2D eigenvalue weighted by molar-refractivity contribution is 0.191. The molecule has 1 heterocycles. The Hall–Kier alpha value is -1.94. The summed E-state index contributed by atoms with van der Waals surface area (Å²) in [6.45, 7) is 2.37. The summed E-state index contributed by atoms with van der Waals surface area (Å²) in [7, 11) is 0. The Labute approximate surface area is 100 Å². The van der Waals surface area contributed by atoms with Gasteiger partial charge in [0.05, 0.1) is 12.3 Å². The fourth-order valence-corrected chi connectivity index (χ4v) is 1.54. The Morgan fingerprint density at radius 2 is 2.06 bits per heavy atom. The minimum Gasteiger partial charge on any atom is -0.387 e. The van der Waals surface area contributed by atoms with Crippen molar-refractivity contribution in [1.29, 1.82) is 0 Å². The highest BCUT2D eigenvalue weighted by atomic mass is 16.3. The van der Waals surface area contributed by atoms with E-state index in [-0.39, 0.29) is 0 Å². The SMILES string of the molecule is Cc1cnnc(NCC(O)c2ccccc2)c1. The Kier molecular flexibility index (Phi) is 3.67. The lowest BCUT2D eigenvalue weighted by atomic mass is 10.1. The third-order valence-electron chi connectivity index (χ3n) is 2.45. The number of aryl methyl sites for hydroxylation is 1. The van der Waals surface area contributed by atoms with Gasteiger partial charge in [0, 0.05) is 6.54 Å². The minimum atomic E-state index is -0.543. The van der Waals surface area contributed by atoms with Crippen LogP contribution in [0.25, 0.3) is 0 Å². The van der Waals surface area contributed by atoms with Crippen LogP contribution in [0.1, 0.15) is 17.2 Å². The Morgan fingerprint density at radius 3 is 2.76 bits per heavy atom. The van der Waals surface area contributed by atoms with Crippen LogP contribution in [0, 0.1) is 6.92 Å². The fraction of sp³-hybridized carbons (Fsp3) is 0.231. The van der Waals surface area contributed by atoms with E-state index in [4.69, 9.17) is 0 Å². The van der Waals surface area contributed by atoms with Crippen molar-refractivity contribution in [3.63, 3.8) is 0 Å². The van der Waals surface area contributed by atoms with Crippen molar-refractivity contribution in [3.8, 4) is 0 Å². The van der Waals surface area contributed by atoms with Crippen LogP contribution < -0.4 is 5.32 Å². The second-order valence-electron chi connectivity index (χ2n) is 3.93. The van der Waals surface area contributed by atoms with Crippen LogP contribution in [0.5, 0.6) is 0 Å². The number of nitrogens with one attached hydrogen (secondary N) is 1. The summed E-state index contributed by atoms with van der Waals surface area (Å²) in [5.74, 6) is 0.681. The first-order valence-corrected chi connectivity index (χ1v) is 5.52. The summed E-state index contributed by atoms with van der Waals surface area (Å²) in [6.07, 6.45) is 1.15. The molecule has 1 atom stereocenters. The lowest BCUT2D eigenvalue weighted by Gasteiger charge is -2.12. The van der Waals surface area contributed by atoms with Crippen LogP contribution in [-0.4, -0.2) is 21.8 Å². The number of aliphatic hydroxyl groups excluding tert-OH is 1. The number of rotatable bonds is 4. The Bertz CT molecular complexity index is 473. The van der Waals surface area contributed by atoms with Crippen molar-refractivity contribution in [1.82, 2.24) is 10.2 Å². The molecule has 1 unspecified atom stereocenters. The standard InChI is InChI=1S/C13H15N3O/c1-10-7-13(16-15-8-10)14-9-12(17)11-5-3-2-4-6-11/h2-8,12,17H,9H2,1H3,(H,14,16). The van der Waals surface area contributed by atoms with Gasteiger partial charge < -0.3 is 10.4 Å². The molecule has 0 saturated heterocycles. The normalized spacial score (nSPS) is 12.1. The molecular formula is C13H15N3O. The molecule has 0 fully saturated rings. The molecule has 17 heavy (non-hydrogen) atoms. The van der Waals surface area contributed by atoms with E-state index in [0.717, 1.165) is 11.1 Å². The van der Waals surface area contributed by atoms with E-state index in [2.05, 4.69) is 15.5 Å². The van der Waals surface area contributed by atoms with Gasteiger partial charge in [-0.2, -0.15) is 5.10 Å². The highest BCUT2D eigenvalue weighted by molar-refractivity contribution is 5.35. The van der Waals surface area contributed by atoms with Gasteiger partial charge in [-0.05, 0) is 24.1 Å². The summed E-state index contributed by atoms with van der Waals surface area (Å²) in [4.78, 5) is 0. The molecule has 0 spiro atoms. The molecule has 1 aromatic heterocycles. The molecule has 0 aliphatic rings. The number of benzene rings is 1. The number of aromatic nitrogens is 2. The van der Waals surface area contributed by atoms with Crippen molar-refractivity contribution >= 4 is 5.82 Å². The monoisotopic (exact) mass is 229 g/mol. The molecule has 4 nitrogen and oxygen atoms in total. The molecule has 2 rings (SSSR count). The molecule has 1 aromatic carbocycles. The first-order valence-electron chi connectivity index (χ1n) is 5.52. The number of aliphatic hydroxyl groups is 1. The van der Waals surface area contributed by atoms with Crippen LogP contribution in [-0.2, 0) is 0 Å². The number of hydrogen-bond donors (Lipinski definition) is 2. The van der Waals surface area contributed by atoms with Crippen LogP contribution in [0.2, 0.25) is 0 Å². The third-order valence-corrected chi connectivity index (χ3v) is 2.45. The molecule has 0 aliphatic carbocycles.